The highest BCUT2D eigenvalue weighted by Crippen LogP contribution is 2.57. The summed E-state index contributed by atoms with van der Waals surface area (Å²) in [6.45, 7) is 2.09. The van der Waals surface area contributed by atoms with Crippen molar-refractivity contribution in [3.63, 3.8) is 0 Å². The number of hydrogen-bond acceptors (Lipinski definition) is 3. The van der Waals surface area contributed by atoms with E-state index in [-0.39, 0.29) is 11.6 Å². The predicted molar refractivity (Wildman–Crippen MR) is 86.1 cm³/mol. The Bertz CT molecular complexity index is 427. The van der Waals surface area contributed by atoms with Crippen molar-refractivity contribution >= 4 is 12.1 Å². The Morgan fingerprint density at radius 1 is 1.13 bits per heavy atom. The van der Waals surface area contributed by atoms with Crippen molar-refractivity contribution in [1.82, 2.24) is 5.32 Å². The van der Waals surface area contributed by atoms with E-state index in [2.05, 4.69) is 12.2 Å². The monoisotopic (exact) mass is 323 g/mol. The van der Waals surface area contributed by atoms with Crippen molar-refractivity contribution in [2.24, 2.45) is 17.8 Å². The van der Waals surface area contributed by atoms with Crippen LogP contribution in [0.15, 0.2) is 0 Å². The SMILES string of the molecule is CCCCCC(NC(=O)O)C(=O)OC12CC3CC(CC(C3)C1)C2. The number of nitrogens with one attached hydrogen (secondary N) is 1. The van der Waals surface area contributed by atoms with Crippen molar-refractivity contribution < 1.29 is 19.4 Å². The maximum absolute atomic E-state index is 12.6. The van der Waals surface area contributed by atoms with Gasteiger partial charge in [0.1, 0.15) is 11.6 Å². The number of carbonyl (C=O) groups is 2. The molecule has 0 radical (unpaired) electrons. The first-order chi connectivity index (χ1) is 11.0. The van der Waals surface area contributed by atoms with Crippen LogP contribution < -0.4 is 5.32 Å². The van der Waals surface area contributed by atoms with Gasteiger partial charge in [-0.1, -0.05) is 26.2 Å². The lowest BCUT2D eigenvalue weighted by atomic mass is 9.54. The summed E-state index contributed by atoms with van der Waals surface area (Å²) in [4.78, 5) is 23.6. The lowest BCUT2D eigenvalue weighted by Crippen LogP contribution is -2.55. The minimum absolute atomic E-state index is 0.297. The number of esters is 1. The van der Waals surface area contributed by atoms with Crippen LogP contribution in [-0.2, 0) is 9.53 Å². The molecule has 4 saturated carbocycles. The second-order valence-corrected chi connectivity index (χ2v) is 8.02. The average molecular weight is 323 g/mol. The first kappa shape index (κ1) is 16.6. The molecule has 0 aromatic rings. The molecule has 0 aliphatic heterocycles. The van der Waals surface area contributed by atoms with E-state index in [9.17, 15) is 9.59 Å². The summed E-state index contributed by atoms with van der Waals surface area (Å²) in [5, 5.41) is 11.4. The normalized spacial score (nSPS) is 35.8. The largest absolute Gasteiger partial charge is 0.465 e. The van der Waals surface area contributed by atoms with Gasteiger partial charge in [0, 0.05) is 0 Å². The van der Waals surface area contributed by atoms with Crippen LogP contribution in [0.25, 0.3) is 0 Å². The molecule has 4 bridgehead atoms. The van der Waals surface area contributed by atoms with Crippen LogP contribution in [0.3, 0.4) is 0 Å². The van der Waals surface area contributed by atoms with Gasteiger partial charge in [-0.15, -0.1) is 0 Å². The fourth-order valence-corrected chi connectivity index (χ4v) is 5.44. The fraction of sp³-hybridized carbons (Fsp3) is 0.889. The number of carbonyl (C=O) groups excluding carboxylic acids is 1. The first-order valence-electron chi connectivity index (χ1n) is 9.22. The van der Waals surface area contributed by atoms with Crippen molar-refractivity contribution in [3.8, 4) is 0 Å². The molecule has 130 valence electrons. The minimum atomic E-state index is -1.14. The molecular weight excluding hydrogens is 294 g/mol. The predicted octanol–water partition coefficient (Wildman–Crippen LogP) is 3.71. The summed E-state index contributed by atoms with van der Waals surface area (Å²) in [5.74, 6) is 1.77. The topological polar surface area (TPSA) is 75.6 Å². The van der Waals surface area contributed by atoms with E-state index in [1.165, 1.54) is 19.3 Å². The molecule has 5 heteroatoms. The number of unbranched alkanes of at least 4 members (excludes halogenated alkanes) is 2. The second kappa shape index (κ2) is 6.70. The van der Waals surface area contributed by atoms with Crippen molar-refractivity contribution in [3.05, 3.63) is 0 Å². The number of ether oxygens (including phenoxy) is 1. The molecule has 0 spiro atoms. The molecule has 0 saturated heterocycles. The van der Waals surface area contributed by atoms with Crippen LogP contribution in [0.5, 0.6) is 0 Å². The van der Waals surface area contributed by atoms with Crippen LogP contribution in [0.4, 0.5) is 4.79 Å². The Hall–Kier alpha value is -1.26. The van der Waals surface area contributed by atoms with Gasteiger partial charge in [0.15, 0.2) is 0 Å². The highest BCUT2D eigenvalue weighted by atomic mass is 16.6. The molecule has 4 rings (SSSR count). The Balaban J connectivity index is 1.62. The highest BCUT2D eigenvalue weighted by Gasteiger charge is 2.53. The third-order valence-corrected chi connectivity index (χ3v) is 5.98. The van der Waals surface area contributed by atoms with Crippen molar-refractivity contribution in [2.45, 2.75) is 82.8 Å². The molecular formula is C18H29NO4. The highest BCUT2D eigenvalue weighted by molar-refractivity contribution is 5.81. The number of amides is 1. The fourth-order valence-electron chi connectivity index (χ4n) is 5.44. The maximum atomic E-state index is 12.6. The van der Waals surface area contributed by atoms with E-state index >= 15 is 0 Å². The van der Waals surface area contributed by atoms with Crippen molar-refractivity contribution in [2.75, 3.05) is 0 Å². The van der Waals surface area contributed by atoms with Gasteiger partial charge < -0.3 is 15.2 Å². The van der Waals surface area contributed by atoms with E-state index in [0.29, 0.717) is 24.2 Å². The van der Waals surface area contributed by atoms with Crippen LogP contribution in [0.1, 0.15) is 71.1 Å². The summed E-state index contributed by atoms with van der Waals surface area (Å²) in [6, 6.07) is -0.716. The first-order valence-corrected chi connectivity index (χ1v) is 9.22. The summed E-state index contributed by atoms with van der Waals surface area (Å²) >= 11 is 0. The molecule has 1 amide bonds. The Labute approximate surface area is 138 Å². The number of hydrogen-bond donors (Lipinski definition) is 2. The summed E-state index contributed by atoms with van der Waals surface area (Å²) in [7, 11) is 0. The van der Waals surface area contributed by atoms with E-state index in [1.54, 1.807) is 0 Å². The Morgan fingerprint density at radius 2 is 1.70 bits per heavy atom. The van der Waals surface area contributed by atoms with E-state index in [0.717, 1.165) is 38.5 Å². The van der Waals surface area contributed by atoms with Gasteiger partial charge in [0.05, 0.1) is 0 Å². The standard InChI is InChI=1S/C18H29NO4/c1-2-3-4-5-15(19-17(21)22)16(20)23-18-9-12-6-13(10-18)8-14(7-12)11-18/h12-15,19H,2-11H2,1H3,(H,21,22). The van der Waals surface area contributed by atoms with E-state index in [1.807, 2.05) is 0 Å². The Morgan fingerprint density at radius 3 is 2.17 bits per heavy atom. The van der Waals surface area contributed by atoms with Crippen LogP contribution >= 0.6 is 0 Å². The van der Waals surface area contributed by atoms with Gasteiger partial charge >= 0.3 is 12.1 Å². The van der Waals surface area contributed by atoms with Crippen LogP contribution in [0, 0.1) is 17.8 Å². The molecule has 1 atom stereocenters. The summed E-state index contributed by atoms with van der Waals surface area (Å²) in [6.07, 6.45) is 9.13. The lowest BCUT2D eigenvalue weighted by molar-refractivity contribution is -0.188. The zero-order valence-electron chi connectivity index (χ0n) is 14.1. The van der Waals surface area contributed by atoms with Gasteiger partial charge in [-0.05, 0) is 62.7 Å². The molecule has 4 fully saturated rings. The number of rotatable bonds is 7. The minimum Gasteiger partial charge on any atom is -0.465 e. The van der Waals surface area contributed by atoms with E-state index in [4.69, 9.17) is 9.84 Å². The zero-order valence-corrected chi connectivity index (χ0v) is 14.1. The molecule has 4 aliphatic carbocycles. The van der Waals surface area contributed by atoms with E-state index < -0.39 is 12.1 Å². The van der Waals surface area contributed by atoms with Gasteiger partial charge in [0.25, 0.3) is 0 Å². The molecule has 0 aromatic heterocycles. The molecule has 5 nitrogen and oxygen atoms in total. The smallest absolute Gasteiger partial charge is 0.405 e. The van der Waals surface area contributed by atoms with Crippen LogP contribution in [-0.4, -0.2) is 28.8 Å². The third kappa shape index (κ3) is 3.81. The summed E-state index contributed by atoms with van der Waals surface area (Å²) in [5.41, 5.74) is -0.297. The van der Waals surface area contributed by atoms with Crippen molar-refractivity contribution in [1.29, 1.82) is 0 Å². The molecule has 4 aliphatic rings. The molecule has 0 heterocycles. The average Bonchev–Trinajstić information content (AvgIpc) is 2.44. The Kier molecular flexibility index (Phi) is 4.83. The molecule has 2 N–H and O–H groups in total. The molecule has 0 aromatic carbocycles. The maximum Gasteiger partial charge on any atom is 0.405 e. The quantitative estimate of drug-likeness (QED) is 0.553. The molecule has 23 heavy (non-hydrogen) atoms. The van der Waals surface area contributed by atoms with Gasteiger partial charge in [0.2, 0.25) is 0 Å². The van der Waals surface area contributed by atoms with Gasteiger partial charge in [-0.3, -0.25) is 0 Å². The number of carboxylic acid groups (broad SMARTS) is 1. The third-order valence-electron chi connectivity index (χ3n) is 5.98. The van der Waals surface area contributed by atoms with Crippen LogP contribution in [0.2, 0.25) is 0 Å². The molecule has 1 unspecified atom stereocenters. The second-order valence-electron chi connectivity index (χ2n) is 8.02. The lowest BCUT2D eigenvalue weighted by Gasteiger charge is -2.55. The zero-order chi connectivity index (χ0) is 16.4. The summed E-state index contributed by atoms with van der Waals surface area (Å²) < 4.78 is 5.98. The van der Waals surface area contributed by atoms with Gasteiger partial charge in [-0.2, -0.15) is 0 Å². The van der Waals surface area contributed by atoms with Gasteiger partial charge in [-0.25, -0.2) is 9.59 Å².